The van der Waals surface area contributed by atoms with Crippen LogP contribution in [0.3, 0.4) is 0 Å². The molecule has 0 fully saturated rings. The lowest BCUT2D eigenvalue weighted by Crippen LogP contribution is -2.23. The third kappa shape index (κ3) is 3.53. The number of carbonyl (C=O) groups is 2. The number of rotatable bonds is 4. The van der Waals surface area contributed by atoms with E-state index < -0.39 is 17.6 Å². The first-order valence-corrected chi connectivity index (χ1v) is 9.43. The van der Waals surface area contributed by atoms with Crippen molar-refractivity contribution >= 4 is 29.4 Å². The van der Waals surface area contributed by atoms with E-state index in [9.17, 15) is 22.8 Å². The molecule has 3 aromatic rings. The van der Waals surface area contributed by atoms with E-state index in [1.807, 2.05) is 13.0 Å². The Kier molecular flexibility index (Phi) is 4.70. The number of nitrogens with zero attached hydrogens (tertiary/aromatic N) is 3. The van der Waals surface area contributed by atoms with E-state index in [-0.39, 0.29) is 23.2 Å². The van der Waals surface area contributed by atoms with Crippen molar-refractivity contribution in [3.05, 3.63) is 74.8 Å². The van der Waals surface area contributed by atoms with Crippen LogP contribution in [0.25, 0.3) is 0 Å². The summed E-state index contributed by atoms with van der Waals surface area (Å²) in [6.07, 6.45) is -3.83. The topological polar surface area (TPSA) is 63.2 Å². The molecular weight excluding hydrogens is 403 g/mol. The average molecular weight is 417 g/mol. The molecule has 0 N–H and O–H groups in total. The summed E-state index contributed by atoms with van der Waals surface area (Å²) in [6.45, 7) is 1.71. The van der Waals surface area contributed by atoms with Gasteiger partial charge in [-0.3, -0.25) is 9.59 Å². The highest BCUT2D eigenvalue weighted by molar-refractivity contribution is 7.05. The Bertz CT molecular complexity index is 1120. The molecule has 0 saturated carbocycles. The van der Waals surface area contributed by atoms with E-state index in [0.717, 1.165) is 22.2 Å². The summed E-state index contributed by atoms with van der Waals surface area (Å²) in [4.78, 5) is 26.2. The van der Waals surface area contributed by atoms with Gasteiger partial charge < -0.3 is 4.90 Å². The standard InChI is InChI=1S/C20H14F3N3O2S/c1-11-18(24-25-29-11)8-12-3-2-4-14(5-12)26-9-16-15(19(26)28)6-13(10-27)7-17(16)20(21,22)23/h2-7,10H,8-9H2,1H3. The summed E-state index contributed by atoms with van der Waals surface area (Å²) in [5.41, 5.74) is 0.847. The van der Waals surface area contributed by atoms with Gasteiger partial charge in [-0.15, -0.1) is 5.10 Å². The third-order valence-corrected chi connectivity index (χ3v) is 5.52. The lowest BCUT2D eigenvalue weighted by molar-refractivity contribution is -0.138. The molecule has 0 radical (unpaired) electrons. The molecule has 2 heterocycles. The second-order valence-corrected chi connectivity index (χ2v) is 7.68. The highest BCUT2D eigenvalue weighted by Gasteiger charge is 2.40. The Hall–Kier alpha value is -3.07. The minimum Gasteiger partial charge on any atom is -0.304 e. The minimum atomic E-state index is -4.66. The fraction of sp³-hybridized carbons (Fsp3) is 0.200. The number of aromatic nitrogens is 2. The molecule has 0 spiro atoms. The molecule has 148 valence electrons. The first-order valence-electron chi connectivity index (χ1n) is 8.66. The van der Waals surface area contributed by atoms with Crippen molar-refractivity contribution in [2.75, 3.05) is 4.90 Å². The average Bonchev–Trinajstić information content (AvgIpc) is 3.24. The Morgan fingerprint density at radius 2 is 2.03 bits per heavy atom. The fourth-order valence-corrected chi connectivity index (χ4v) is 3.88. The van der Waals surface area contributed by atoms with E-state index in [1.54, 1.807) is 18.2 Å². The van der Waals surface area contributed by atoms with Crippen LogP contribution in [0.4, 0.5) is 18.9 Å². The molecule has 0 unspecified atom stereocenters. The molecule has 0 aliphatic carbocycles. The molecule has 0 saturated heterocycles. The number of hydrogen-bond donors (Lipinski definition) is 0. The second-order valence-electron chi connectivity index (χ2n) is 6.72. The van der Waals surface area contributed by atoms with Gasteiger partial charge in [0.2, 0.25) is 0 Å². The zero-order valence-electron chi connectivity index (χ0n) is 15.2. The predicted molar refractivity (Wildman–Crippen MR) is 101 cm³/mol. The quantitative estimate of drug-likeness (QED) is 0.589. The van der Waals surface area contributed by atoms with Gasteiger partial charge in [0.1, 0.15) is 6.29 Å². The van der Waals surface area contributed by atoms with Gasteiger partial charge in [-0.05, 0) is 53.8 Å². The molecule has 1 aliphatic heterocycles. The van der Waals surface area contributed by atoms with Crippen molar-refractivity contribution in [3.8, 4) is 0 Å². The maximum absolute atomic E-state index is 13.5. The van der Waals surface area contributed by atoms with E-state index in [2.05, 4.69) is 9.59 Å². The number of alkyl halides is 3. The van der Waals surface area contributed by atoms with E-state index in [1.165, 1.54) is 22.5 Å². The van der Waals surface area contributed by atoms with Crippen molar-refractivity contribution in [2.45, 2.75) is 26.1 Å². The van der Waals surface area contributed by atoms with E-state index in [0.29, 0.717) is 18.4 Å². The number of aryl methyl sites for hydroxylation is 1. The number of aldehydes is 1. The molecule has 1 aliphatic rings. The number of amides is 1. The van der Waals surface area contributed by atoms with E-state index >= 15 is 0 Å². The molecular formula is C20H14F3N3O2S. The summed E-state index contributed by atoms with van der Waals surface area (Å²) in [7, 11) is 0. The highest BCUT2D eigenvalue weighted by atomic mass is 32.1. The van der Waals surface area contributed by atoms with Gasteiger partial charge in [0, 0.05) is 28.1 Å². The van der Waals surface area contributed by atoms with Crippen molar-refractivity contribution in [3.63, 3.8) is 0 Å². The monoisotopic (exact) mass is 417 g/mol. The normalized spacial score (nSPS) is 13.7. The lowest BCUT2D eigenvalue weighted by atomic mass is 9.99. The van der Waals surface area contributed by atoms with Gasteiger partial charge in [0.15, 0.2) is 0 Å². The Morgan fingerprint density at radius 1 is 1.24 bits per heavy atom. The number of halogens is 3. The summed E-state index contributed by atoms with van der Waals surface area (Å²) >= 11 is 1.29. The molecule has 29 heavy (non-hydrogen) atoms. The number of hydrogen-bond acceptors (Lipinski definition) is 5. The predicted octanol–water partition coefficient (Wildman–Crippen LogP) is 4.43. The Balaban J connectivity index is 1.70. The SMILES string of the molecule is Cc1snnc1Cc1cccc(N2Cc3c(cc(C=O)cc3C(F)(F)F)C2=O)c1. The molecule has 4 rings (SSSR count). The Morgan fingerprint density at radius 3 is 2.69 bits per heavy atom. The Labute approximate surface area is 167 Å². The van der Waals surface area contributed by atoms with Crippen molar-refractivity contribution in [2.24, 2.45) is 0 Å². The van der Waals surface area contributed by atoms with Gasteiger partial charge in [-0.2, -0.15) is 13.2 Å². The summed E-state index contributed by atoms with van der Waals surface area (Å²) in [5, 5.41) is 4.07. The molecule has 1 amide bonds. The summed E-state index contributed by atoms with van der Waals surface area (Å²) < 4.78 is 44.3. The summed E-state index contributed by atoms with van der Waals surface area (Å²) in [5.74, 6) is -0.558. The molecule has 0 atom stereocenters. The first kappa shape index (κ1) is 19.3. The summed E-state index contributed by atoms with van der Waals surface area (Å²) in [6, 6.07) is 9.05. The van der Waals surface area contributed by atoms with Gasteiger partial charge in [0.05, 0.1) is 17.8 Å². The van der Waals surface area contributed by atoms with Crippen LogP contribution in [0, 0.1) is 6.92 Å². The molecule has 2 aromatic carbocycles. The smallest absolute Gasteiger partial charge is 0.304 e. The van der Waals surface area contributed by atoms with Crippen molar-refractivity contribution < 1.29 is 22.8 Å². The van der Waals surface area contributed by atoms with Crippen LogP contribution < -0.4 is 4.90 Å². The lowest BCUT2D eigenvalue weighted by Gasteiger charge is -2.17. The van der Waals surface area contributed by atoms with Crippen LogP contribution in [0.5, 0.6) is 0 Å². The van der Waals surface area contributed by atoms with Crippen LogP contribution in [0.2, 0.25) is 0 Å². The van der Waals surface area contributed by atoms with Crippen molar-refractivity contribution in [1.29, 1.82) is 0 Å². The van der Waals surface area contributed by atoms with Crippen LogP contribution in [0.1, 0.15) is 48.0 Å². The highest BCUT2D eigenvalue weighted by Crippen LogP contribution is 2.39. The zero-order chi connectivity index (χ0) is 20.8. The number of carbonyl (C=O) groups excluding carboxylic acids is 2. The largest absolute Gasteiger partial charge is 0.416 e. The van der Waals surface area contributed by atoms with Crippen LogP contribution in [-0.4, -0.2) is 21.8 Å². The second kappa shape index (κ2) is 7.07. The van der Waals surface area contributed by atoms with Crippen molar-refractivity contribution in [1.82, 2.24) is 9.59 Å². The van der Waals surface area contributed by atoms with Crippen LogP contribution in [0.15, 0.2) is 36.4 Å². The number of benzene rings is 2. The van der Waals surface area contributed by atoms with Gasteiger partial charge in [-0.25, -0.2) is 0 Å². The molecule has 1 aromatic heterocycles. The number of fused-ring (bicyclic) bond motifs is 1. The van der Waals surface area contributed by atoms with Crippen LogP contribution in [-0.2, 0) is 19.1 Å². The molecule has 9 heteroatoms. The van der Waals surface area contributed by atoms with Gasteiger partial charge in [-0.1, -0.05) is 16.6 Å². The van der Waals surface area contributed by atoms with Gasteiger partial charge in [0.25, 0.3) is 5.91 Å². The zero-order valence-corrected chi connectivity index (χ0v) is 16.0. The molecule has 5 nitrogen and oxygen atoms in total. The van der Waals surface area contributed by atoms with Gasteiger partial charge >= 0.3 is 6.18 Å². The first-order chi connectivity index (χ1) is 13.8. The van der Waals surface area contributed by atoms with E-state index in [4.69, 9.17) is 0 Å². The minimum absolute atomic E-state index is 0.0909. The van der Waals surface area contributed by atoms with Crippen LogP contribution >= 0.6 is 11.5 Å². The third-order valence-electron chi connectivity index (χ3n) is 4.85. The fourth-order valence-electron chi connectivity index (χ4n) is 3.40. The maximum atomic E-state index is 13.5. The number of anilines is 1. The maximum Gasteiger partial charge on any atom is 0.416 e. The molecule has 0 bridgehead atoms.